The fraction of sp³-hybridized carbons (Fsp3) is 0.538. The van der Waals surface area contributed by atoms with E-state index in [1.54, 1.807) is 0 Å². The third-order valence-corrected chi connectivity index (χ3v) is 4.60. The van der Waals surface area contributed by atoms with Gasteiger partial charge in [0.2, 0.25) is 0 Å². The molecule has 90 valence electrons. The second kappa shape index (κ2) is 7.21. The van der Waals surface area contributed by atoms with Gasteiger partial charge in [-0.25, -0.2) is 0 Å². The Balaban J connectivity index is 2.75. The van der Waals surface area contributed by atoms with Crippen molar-refractivity contribution in [1.29, 1.82) is 0 Å². The minimum absolute atomic E-state index is 0.678. The van der Waals surface area contributed by atoms with Gasteiger partial charge < -0.3 is 5.73 Å². The van der Waals surface area contributed by atoms with Crippen molar-refractivity contribution in [2.24, 2.45) is 11.7 Å². The Morgan fingerprint density at radius 1 is 1.44 bits per heavy atom. The number of hydrogen-bond acceptors (Lipinski definition) is 2. The van der Waals surface area contributed by atoms with Gasteiger partial charge in [0.05, 0.1) is 5.02 Å². The van der Waals surface area contributed by atoms with Gasteiger partial charge in [-0.15, -0.1) is 11.8 Å². The summed E-state index contributed by atoms with van der Waals surface area (Å²) >= 11 is 8.09. The molecule has 1 aromatic carbocycles. The van der Waals surface area contributed by atoms with Crippen LogP contribution < -0.4 is 5.73 Å². The van der Waals surface area contributed by atoms with Crippen molar-refractivity contribution >= 4 is 23.4 Å². The SMILES string of the molecule is CCC(C)CSc1c(Cl)cccc1CCN. The quantitative estimate of drug-likeness (QED) is 0.781. The molecule has 0 radical (unpaired) electrons. The Hall–Kier alpha value is -0.180. The highest BCUT2D eigenvalue weighted by Crippen LogP contribution is 2.32. The lowest BCUT2D eigenvalue weighted by Crippen LogP contribution is -2.04. The third-order valence-electron chi connectivity index (χ3n) is 2.67. The summed E-state index contributed by atoms with van der Waals surface area (Å²) in [5.74, 6) is 1.85. The smallest absolute Gasteiger partial charge is 0.0544 e. The van der Waals surface area contributed by atoms with Crippen molar-refractivity contribution in [3.05, 3.63) is 28.8 Å². The number of rotatable bonds is 6. The Kier molecular flexibility index (Phi) is 6.25. The minimum Gasteiger partial charge on any atom is -0.330 e. The summed E-state index contributed by atoms with van der Waals surface area (Å²) in [4.78, 5) is 1.22. The highest BCUT2D eigenvalue weighted by atomic mass is 35.5. The second-order valence-corrected chi connectivity index (χ2v) is 5.53. The molecule has 1 atom stereocenters. The van der Waals surface area contributed by atoms with Crippen molar-refractivity contribution in [3.8, 4) is 0 Å². The normalized spacial score (nSPS) is 12.8. The Bertz CT molecular complexity index is 328. The molecule has 0 heterocycles. The van der Waals surface area contributed by atoms with E-state index >= 15 is 0 Å². The van der Waals surface area contributed by atoms with Crippen molar-refractivity contribution in [2.45, 2.75) is 31.6 Å². The van der Waals surface area contributed by atoms with E-state index in [4.69, 9.17) is 17.3 Å². The van der Waals surface area contributed by atoms with Crippen LogP contribution >= 0.6 is 23.4 Å². The van der Waals surface area contributed by atoms with E-state index < -0.39 is 0 Å². The van der Waals surface area contributed by atoms with Crippen molar-refractivity contribution < 1.29 is 0 Å². The van der Waals surface area contributed by atoms with Crippen LogP contribution in [0.2, 0.25) is 5.02 Å². The molecule has 0 saturated heterocycles. The minimum atomic E-state index is 0.678. The molecular formula is C13H20ClNS. The molecule has 1 rings (SSSR count). The second-order valence-electron chi connectivity index (χ2n) is 4.09. The predicted molar refractivity (Wildman–Crippen MR) is 74.4 cm³/mol. The molecule has 1 unspecified atom stereocenters. The number of halogens is 1. The molecule has 0 aromatic heterocycles. The summed E-state index contributed by atoms with van der Waals surface area (Å²) in [6.45, 7) is 5.17. The maximum Gasteiger partial charge on any atom is 0.0544 e. The van der Waals surface area contributed by atoms with Crippen LogP contribution in [0.25, 0.3) is 0 Å². The summed E-state index contributed by atoms with van der Waals surface area (Å²) in [6, 6.07) is 6.08. The van der Waals surface area contributed by atoms with E-state index in [0.29, 0.717) is 6.54 Å². The van der Waals surface area contributed by atoms with E-state index in [1.165, 1.54) is 16.9 Å². The first-order valence-electron chi connectivity index (χ1n) is 5.79. The number of thioether (sulfide) groups is 1. The maximum atomic E-state index is 6.23. The first-order valence-corrected chi connectivity index (χ1v) is 7.15. The van der Waals surface area contributed by atoms with Gasteiger partial charge >= 0.3 is 0 Å². The van der Waals surface area contributed by atoms with Crippen molar-refractivity contribution in [1.82, 2.24) is 0 Å². The molecule has 0 amide bonds. The van der Waals surface area contributed by atoms with Crippen LogP contribution in [-0.2, 0) is 6.42 Å². The molecule has 1 nitrogen and oxygen atoms in total. The van der Waals surface area contributed by atoms with E-state index in [9.17, 15) is 0 Å². The van der Waals surface area contributed by atoms with Gasteiger partial charge in [0.15, 0.2) is 0 Å². The molecule has 0 aliphatic heterocycles. The molecule has 0 saturated carbocycles. The average Bonchev–Trinajstić information content (AvgIpc) is 2.28. The molecule has 0 aliphatic rings. The molecule has 2 N–H and O–H groups in total. The average molecular weight is 258 g/mol. The highest BCUT2D eigenvalue weighted by molar-refractivity contribution is 7.99. The Labute approximate surface area is 108 Å². The fourth-order valence-electron chi connectivity index (χ4n) is 1.41. The Morgan fingerprint density at radius 2 is 2.19 bits per heavy atom. The number of nitrogens with two attached hydrogens (primary N) is 1. The maximum absolute atomic E-state index is 6.23. The zero-order valence-electron chi connectivity index (χ0n) is 10.0. The lowest BCUT2D eigenvalue weighted by molar-refractivity contribution is 0.637. The van der Waals surface area contributed by atoms with Crippen molar-refractivity contribution in [3.63, 3.8) is 0 Å². The summed E-state index contributed by atoms with van der Waals surface area (Å²) in [5, 5.41) is 0.860. The van der Waals surface area contributed by atoms with Gasteiger partial charge in [0, 0.05) is 10.6 Å². The van der Waals surface area contributed by atoms with Crippen LogP contribution in [0.1, 0.15) is 25.8 Å². The highest BCUT2D eigenvalue weighted by Gasteiger charge is 2.08. The van der Waals surface area contributed by atoms with Crippen LogP contribution in [0.5, 0.6) is 0 Å². The van der Waals surface area contributed by atoms with E-state index in [0.717, 1.165) is 23.1 Å². The summed E-state index contributed by atoms with van der Waals surface area (Å²) in [7, 11) is 0. The Morgan fingerprint density at radius 3 is 2.81 bits per heavy atom. The number of hydrogen-bond donors (Lipinski definition) is 1. The topological polar surface area (TPSA) is 26.0 Å². The van der Waals surface area contributed by atoms with Crippen LogP contribution in [0, 0.1) is 5.92 Å². The predicted octanol–water partition coefficient (Wildman–Crippen LogP) is 3.98. The molecular weight excluding hydrogens is 238 g/mol. The summed E-state index contributed by atoms with van der Waals surface area (Å²) in [5.41, 5.74) is 6.89. The lowest BCUT2D eigenvalue weighted by Gasteiger charge is -2.13. The molecule has 3 heteroatoms. The molecule has 0 aliphatic carbocycles. The molecule has 0 bridgehead atoms. The van der Waals surface area contributed by atoms with Crippen LogP contribution in [-0.4, -0.2) is 12.3 Å². The van der Waals surface area contributed by atoms with Gasteiger partial charge in [-0.2, -0.15) is 0 Å². The summed E-state index contributed by atoms with van der Waals surface area (Å²) < 4.78 is 0. The largest absolute Gasteiger partial charge is 0.330 e. The number of benzene rings is 1. The summed E-state index contributed by atoms with van der Waals surface area (Å²) in [6.07, 6.45) is 2.12. The fourth-order valence-corrected chi connectivity index (χ4v) is 3.02. The first-order chi connectivity index (χ1) is 7.69. The van der Waals surface area contributed by atoms with E-state index in [2.05, 4.69) is 19.9 Å². The van der Waals surface area contributed by atoms with E-state index in [-0.39, 0.29) is 0 Å². The molecule has 0 spiro atoms. The molecule has 1 aromatic rings. The standard InChI is InChI=1S/C13H20ClNS/c1-3-10(2)9-16-13-11(7-8-15)5-4-6-12(13)14/h4-6,10H,3,7-9,15H2,1-2H3. The van der Waals surface area contributed by atoms with Gasteiger partial charge in [0.1, 0.15) is 0 Å². The van der Waals surface area contributed by atoms with Crippen LogP contribution in [0.4, 0.5) is 0 Å². The van der Waals surface area contributed by atoms with Crippen molar-refractivity contribution in [2.75, 3.05) is 12.3 Å². The lowest BCUT2D eigenvalue weighted by atomic mass is 10.1. The van der Waals surface area contributed by atoms with Crippen LogP contribution in [0.3, 0.4) is 0 Å². The van der Waals surface area contributed by atoms with Gasteiger partial charge in [-0.05, 0) is 30.5 Å². The molecule has 0 fully saturated rings. The monoisotopic (exact) mass is 257 g/mol. The van der Waals surface area contributed by atoms with Crippen LogP contribution in [0.15, 0.2) is 23.1 Å². The zero-order chi connectivity index (χ0) is 12.0. The van der Waals surface area contributed by atoms with E-state index in [1.807, 2.05) is 23.9 Å². The molecule has 16 heavy (non-hydrogen) atoms. The first kappa shape index (κ1) is 13.9. The third kappa shape index (κ3) is 4.00. The van der Waals surface area contributed by atoms with Gasteiger partial charge in [0.25, 0.3) is 0 Å². The van der Waals surface area contributed by atoms with Gasteiger partial charge in [-0.1, -0.05) is 44.0 Å². The zero-order valence-corrected chi connectivity index (χ0v) is 11.6. The van der Waals surface area contributed by atoms with Gasteiger partial charge in [-0.3, -0.25) is 0 Å².